The standard InChI is InChI=1S/2C6H6N2O2/c2*7-5-2-1-4(3-8-5)6(9)10/h2*1-3H,(H2,7,8)(H,9,10). The van der Waals surface area contributed by atoms with Crippen LogP contribution in [0.2, 0.25) is 0 Å². The van der Waals surface area contributed by atoms with E-state index in [2.05, 4.69) is 9.97 Å². The van der Waals surface area contributed by atoms with E-state index in [0.717, 1.165) is 0 Å². The number of nitrogens with two attached hydrogens (primary N) is 2. The molecule has 8 nitrogen and oxygen atoms in total. The van der Waals surface area contributed by atoms with Gasteiger partial charge in [-0.1, -0.05) is 0 Å². The minimum Gasteiger partial charge on any atom is -0.478 e. The molecule has 0 saturated carbocycles. The first kappa shape index (κ1) is 14.9. The van der Waals surface area contributed by atoms with Crippen LogP contribution in [-0.4, -0.2) is 32.1 Å². The predicted octanol–water partition coefficient (Wildman–Crippen LogP) is 0.724. The highest BCUT2D eigenvalue weighted by Gasteiger charge is 2.00. The summed E-state index contributed by atoms with van der Waals surface area (Å²) in [5, 5.41) is 16.8. The first-order chi connectivity index (χ1) is 9.40. The Bertz CT molecular complexity index is 540. The average Bonchev–Trinajstić information content (AvgIpc) is 2.40. The third kappa shape index (κ3) is 4.61. The first-order valence-corrected chi connectivity index (χ1v) is 5.30. The summed E-state index contributed by atoms with van der Waals surface area (Å²) in [6, 6.07) is 5.71. The quantitative estimate of drug-likeness (QED) is 0.626. The van der Waals surface area contributed by atoms with E-state index in [9.17, 15) is 9.59 Å². The molecule has 0 aliphatic carbocycles. The highest BCUT2D eigenvalue weighted by molar-refractivity contribution is 5.87. The third-order valence-corrected chi connectivity index (χ3v) is 2.07. The summed E-state index contributed by atoms with van der Waals surface area (Å²) in [5.41, 5.74) is 10.7. The van der Waals surface area contributed by atoms with Crippen LogP contribution < -0.4 is 11.5 Å². The maximum absolute atomic E-state index is 10.2. The van der Waals surface area contributed by atoms with Crippen molar-refractivity contribution in [2.75, 3.05) is 11.5 Å². The number of hydrogen-bond acceptors (Lipinski definition) is 6. The Kier molecular flexibility index (Phi) is 4.98. The zero-order valence-corrected chi connectivity index (χ0v) is 10.2. The Morgan fingerprint density at radius 2 is 1.15 bits per heavy atom. The Morgan fingerprint density at radius 1 is 0.800 bits per heavy atom. The number of carbonyl (C=O) groups is 2. The number of carboxylic acid groups (broad SMARTS) is 2. The van der Waals surface area contributed by atoms with Crippen molar-refractivity contribution >= 4 is 23.6 Å². The van der Waals surface area contributed by atoms with Crippen molar-refractivity contribution in [3.8, 4) is 0 Å². The zero-order valence-electron chi connectivity index (χ0n) is 10.2. The molecule has 6 N–H and O–H groups in total. The topological polar surface area (TPSA) is 152 Å². The summed E-state index contributed by atoms with van der Waals surface area (Å²) < 4.78 is 0. The van der Waals surface area contributed by atoms with Gasteiger partial charge in [0.25, 0.3) is 0 Å². The minimum absolute atomic E-state index is 0.147. The summed E-state index contributed by atoms with van der Waals surface area (Å²) in [7, 11) is 0. The van der Waals surface area contributed by atoms with Crippen molar-refractivity contribution in [2.24, 2.45) is 0 Å². The molecule has 2 rings (SSSR count). The molecule has 0 spiro atoms. The summed E-state index contributed by atoms with van der Waals surface area (Å²) in [4.78, 5) is 27.7. The second-order valence-corrected chi connectivity index (χ2v) is 3.55. The first-order valence-electron chi connectivity index (χ1n) is 5.30. The van der Waals surface area contributed by atoms with Crippen LogP contribution in [0.15, 0.2) is 36.7 Å². The molecule has 0 radical (unpaired) electrons. The molecule has 20 heavy (non-hydrogen) atoms. The van der Waals surface area contributed by atoms with Gasteiger partial charge in [0.15, 0.2) is 0 Å². The van der Waals surface area contributed by atoms with Crippen LogP contribution >= 0.6 is 0 Å². The minimum atomic E-state index is -0.993. The molecule has 0 aliphatic rings. The van der Waals surface area contributed by atoms with Crippen LogP contribution in [0.5, 0.6) is 0 Å². The van der Waals surface area contributed by atoms with Gasteiger partial charge in [-0.2, -0.15) is 0 Å². The number of hydrogen-bond donors (Lipinski definition) is 4. The zero-order chi connectivity index (χ0) is 15.1. The van der Waals surface area contributed by atoms with Gasteiger partial charge in [-0.25, -0.2) is 19.6 Å². The predicted molar refractivity (Wildman–Crippen MR) is 71.2 cm³/mol. The lowest BCUT2D eigenvalue weighted by Gasteiger charge is -1.92. The van der Waals surface area contributed by atoms with Crippen molar-refractivity contribution in [2.45, 2.75) is 0 Å². The molecule has 2 aromatic heterocycles. The third-order valence-electron chi connectivity index (χ3n) is 2.07. The van der Waals surface area contributed by atoms with Crippen LogP contribution in [0, 0.1) is 0 Å². The molecule has 0 atom stereocenters. The highest BCUT2D eigenvalue weighted by atomic mass is 16.4. The molecule has 8 heteroatoms. The lowest BCUT2D eigenvalue weighted by molar-refractivity contribution is 0.0685. The van der Waals surface area contributed by atoms with Crippen molar-refractivity contribution in [1.82, 2.24) is 9.97 Å². The molecule has 0 fully saturated rings. The lowest BCUT2D eigenvalue weighted by atomic mass is 10.3. The van der Waals surface area contributed by atoms with Gasteiger partial charge in [0.1, 0.15) is 11.6 Å². The molecular formula is C12H12N4O4. The Balaban J connectivity index is 0.000000200. The van der Waals surface area contributed by atoms with Crippen molar-refractivity contribution in [3.05, 3.63) is 47.8 Å². The van der Waals surface area contributed by atoms with Gasteiger partial charge >= 0.3 is 11.9 Å². The molecular weight excluding hydrogens is 264 g/mol. The van der Waals surface area contributed by atoms with Crippen LogP contribution in [0.1, 0.15) is 20.7 Å². The van der Waals surface area contributed by atoms with Gasteiger partial charge in [-0.3, -0.25) is 0 Å². The van der Waals surface area contributed by atoms with E-state index < -0.39 is 11.9 Å². The summed E-state index contributed by atoms with van der Waals surface area (Å²) >= 11 is 0. The number of carboxylic acids is 2. The van der Waals surface area contributed by atoms with Gasteiger partial charge in [0.05, 0.1) is 11.1 Å². The molecule has 2 heterocycles. The van der Waals surface area contributed by atoms with Gasteiger partial charge < -0.3 is 21.7 Å². The number of aromatic carboxylic acids is 2. The smallest absolute Gasteiger partial charge is 0.337 e. The fourth-order valence-corrected chi connectivity index (χ4v) is 1.06. The summed E-state index contributed by atoms with van der Waals surface area (Å²) in [6.07, 6.45) is 2.44. The van der Waals surface area contributed by atoms with Gasteiger partial charge in [-0.05, 0) is 24.3 Å². The lowest BCUT2D eigenvalue weighted by Crippen LogP contribution is -1.98. The van der Waals surface area contributed by atoms with E-state index in [1.165, 1.54) is 36.7 Å². The van der Waals surface area contributed by atoms with Crippen LogP contribution in [0.4, 0.5) is 11.6 Å². The SMILES string of the molecule is Nc1ccc(C(=O)O)cn1.Nc1ccc(C(=O)O)cn1. The van der Waals surface area contributed by atoms with E-state index in [4.69, 9.17) is 21.7 Å². The average molecular weight is 276 g/mol. The Morgan fingerprint density at radius 3 is 1.35 bits per heavy atom. The van der Waals surface area contributed by atoms with Crippen LogP contribution in [-0.2, 0) is 0 Å². The van der Waals surface area contributed by atoms with Gasteiger partial charge in [0, 0.05) is 12.4 Å². The molecule has 0 unspecified atom stereocenters. The van der Waals surface area contributed by atoms with Crippen molar-refractivity contribution in [1.29, 1.82) is 0 Å². The fraction of sp³-hybridized carbons (Fsp3) is 0. The maximum Gasteiger partial charge on any atom is 0.337 e. The van der Waals surface area contributed by atoms with E-state index in [1.54, 1.807) is 0 Å². The molecule has 0 bridgehead atoms. The molecule has 0 saturated heterocycles. The highest BCUT2D eigenvalue weighted by Crippen LogP contribution is 2.00. The number of pyridine rings is 2. The largest absolute Gasteiger partial charge is 0.478 e. The van der Waals surface area contributed by atoms with Crippen molar-refractivity contribution in [3.63, 3.8) is 0 Å². The molecule has 0 aromatic carbocycles. The summed E-state index contributed by atoms with van der Waals surface area (Å²) in [6.45, 7) is 0. The van der Waals surface area contributed by atoms with E-state index in [0.29, 0.717) is 11.6 Å². The van der Waals surface area contributed by atoms with Crippen LogP contribution in [0.25, 0.3) is 0 Å². The van der Waals surface area contributed by atoms with E-state index in [-0.39, 0.29) is 11.1 Å². The van der Waals surface area contributed by atoms with Gasteiger partial charge in [0.2, 0.25) is 0 Å². The second-order valence-electron chi connectivity index (χ2n) is 3.55. The van der Waals surface area contributed by atoms with Crippen LogP contribution in [0.3, 0.4) is 0 Å². The number of anilines is 2. The van der Waals surface area contributed by atoms with E-state index >= 15 is 0 Å². The number of aromatic nitrogens is 2. The molecule has 0 aliphatic heterocycles. The maximum atomic E-state index is 10.2. The number of rotatable bonds is 2. The van der Waals surface area contributed by atoms with Crippen molar-refractivity contribution < 1.29 is 19.8 Å². The second kappa shape index (κ2) is 6.69. The molecule has 0 amide bonds. The van der Waals surface area contributed by atoms with E-state index in [1.807, 2.05) is 0 Å². The molecule has 104 valence electrons. The number of nitrogen functional groups attached to an aromatic ring is 2. The Labute approximate surface area is 113 Å². The fourth-order valence-electron chi connectivity index (χ4n) is 1.06. The monoisotopic (exact) mass is 276 g/mol. The molecule has 2 aromatic rings. The Hall–Kier alpha value is -3.16. The number of nitrogens with zero attached hydrogens (tertiary/aromatic N) is 2. The summed E-state index contributed by atoms with van der Waals surface area (Å²) in [5.74, 6) is -1.34. The normalized spacial score (nSPS) is 9.20. The van der Waals surface area contributed by atoms with Gasteiger partial charge in [-0.15, -0.1) is 0 Å².